The van der Waals surface area contributed by atoms with Crippen molar-refractivity contribution in [2.45, 2.75) is 69.3 Å². The second kappa shape index (κ2) is 11.2. The van der Waals surface area contributed by atoms with Crippen molar-refractivity contribution in [3.8, 4) is 22.9 Å². The number of alkyl halides is 2. The molecule has 1 aliphatic heterocycles. The van der Waals surface area contributed by atoms with Crippen LogP contribution in [-0.2, 0) is 0 Å². The molecule has 0 unspecified atom stereocenters. The maximum Gasteiger partial charge on any atom is 0.387 e. The van der Waals surface area contributed by atoms with Gasteiger partial charge in [0.15, 0.2) is 0 Å². The number of nitrogens with one attached hydrogen (secondary N) is 2. The van der Waals surface area contributed by atoms with Crippen LogP contribution in [0.25, 0.3) is 11.1 Å². The molecule has 5 atom stereocenters. The van der Waals surface area contributed by atoms with Gasteiger partial charge in [-0.1, -0.05) is 25.0 Å². The van der Waals surface area contributed by atoms with Crippen molar-refractivity contribution in [1.29, 1.82) is 5.26 Å². The molecule has 3 aromatic rings. The zero-order valence-electron chi connectivity index (χ0n) is 21.8. The Kier molecular flexibility index (Phi) is 7.34. The Bertz CT molecular complexity index is 1310. The summed E-state index contributed by atoms with van der Waals surface area (Å²) in [6.07, 6.45) is 8.84. The standard InChI is InChI=1S/C31H33F2N5O/c32-31(33)39-25-11-7-22(8-12-25)23-13-14-35-30(17-23)37-27-4-2-1-3-26(27)36-28-15-21-16-29(28)38(19-21)24-9-5-20(18-34)6-10-24/h5-14,17,21,26-29,31,36H,1-4,15-16,19H2,(H,35,37)/t21-,26-,27-,28+,29-/m1/s1. The van der Waals surface area contributed by atoms with Crippen LogP contribution >= 0.6 is 0 Å². The van der Waals surface area contributed by atoms with Gasteiger partial charge in [0.2, 0.25) is 0 Å². The molecule has 6 rings (SSSR count). The normalized spacial score (nSPS) is 26.0. The molecule has 6 nitrogen and oxygen atoms in total. The average molecular weight is 530 g/mol. The zero-order valence-corrected chi connectivity index (χ0v) is 21.8. The highest BCUT2D eigenvalue weighted by molar-refractivity contribution is 5.67. The van der Waals surface area contributed by atoms with Gasteiger partial charge in [-0.15, -0.1) is 0 Å². The molecule has 0 spiro atoms. The Morgan fingerprint density at radius 1 is 0.923 bits per heavy atom. The van der Waals surface area contributed by atoms with Gasteiger partial charge in [-0.3, -0.25) is 0 Å². The number of benzene rings is 2. The molecule has 39 heavy (non-hydrogen) atoms. The molecule has 3 fully saturated rings. The Morgan fingerprint density at radius 3 is 2.41 bits per heavy atom. The molecule has 0 radical (unpaired) electrons. The van der Waals surface area contributed by atoms with Crippen molar-refractivity contribution in [1.82, 2.24) is 10.3 Å². The predicted molar refractivity (Wildman–Crippen MR) is 148 cm³/mol. The molecule has 202 valence electrons. The van der Waals surface area contributed by atoms with Crippen molar-refractivity contribution in [3.63, 3.8) is 0 Å². The van der Waals surface area contributed by atoms with Crippen LogP contribution in [0.3, 0.4) is 0 Å². The van der Waals surface area contributed by atoms with E-state index < -0.39 is 6.61 Å². The largest absolute Gasteiger partial charge is 0.435 e. The van der Waals surface area contributed by atoms with Crippen molar-refractivity contribution in [2.24, 2.45) is 5.92 Å². The smallest absolute Gasteiger partial charge is 0.387 e. The number of anilines is 2. The summed E-state index contributed by atoms with van der Waals surface area (Å²) in [6, 6.07) is 22.4. The van der Waals surface area contributed by atoms with Crippen LogP contribution in [0.1, 0.15) is 44.1 Å². The first kappa shape index (κ1) is 25.6. The summed E-state index contributed by atoms with van der Waals surface area (Å²) in [5.41, 5.74) is 3.80. The van der Waals surface area contributed by atoms with Gasteiger partial charge in [-0.2, -0.15) is 14.0 Å². The fourth-order valence-corrected chi connectivity index (χ4v) is 6.71. The molecule has 2 aliphatic carbocycles. The van der Waals surface area contributed by atoms with E-state index in [1.165, 1.54) is 31.4 Å². The number of rotatable bonds is 8. The molecule has 2 bridgehead atoms. The highest BCUT2D eigenvalue weighted by Gasteiger charge is 2.46. The van der Waals surface area contributed by atoms with Crippen LogP contribution in [0.2, 0.25) is 0 Å². The Labute approximate surface area is 228 Å². The maximum absolute atomic E-state index is 12.5. The van der Waals surface area contributed by atoms with Gasteiger partial charge in [0.25, 0.3) is 0 Å². The fourth-order valence-electron chi connectivity index (χ4n) is 6.71. The predicted octanol–water partition coefficient (Wildman–Crippen LogP) is 6.20. The molecular formula is C31H33F2N5O. The molecule has 1 aromatic heterocycles. The summed E-state index contributed by atoms with van der Waals surface area (Å²) in [6.45, 7) is -1.74. The Hall–Kier alpha value is -3.70. The minimum Gasteiger partial charge on any atom is -0.435 e. The third-order valence-corrected chi connectivity index (χ3v) is 8.51. The summed E-state index contributed by atoms with van der Waals surface area (Å²) in [5, 5.41) is 16.9. The molecule has 2 aromatic carbocycles. The first-order valence-electron chi connectivity index (χ1n) is 13.9. The van der Waals surface area contributed by atoms with Gasteiger partial charge in [-0.25, -0.2) is 4.98 Å². The summed E-state index contributed by atoms with van der Waals surface area (Å²) >= 11 is 0. The average Bonchev–Trinajstić information content (AvgIpc) is 3.55. The van der Waals surface area contributed by atoms with Crippen molar-refractivity contribution < 1.29 is 13.5 Å². The lowest BCUT2D eigenvalue weighted by molar-refractivity contribution is -0.0498. The Morgan fingerprint density at radius 2 is 1.69 bits per heavy atom. The quantitative estimate of drug-likeness (QED) is 0.362. The van der Waals surface area contributed by atoms with E-state index in [4.69, 9.17) is 5.26 Å². The van der Waals surface area contributed by atoms with E-state index in [1.807, 2.05) is 24.3 Å². The number of hydrogen-bond acceptors (Lipinski definition) is 6. The van der Waals surface area contributed by atoms with Gasteiger partial charge in [-0.05, 0) is 91.3 Å². The number of fused-ring (bicyclic) bond motifs is 2. The fraction of sp³-hybridized carbons (Fsp3) is 0.419. The molecular weight excluding hydrogens is 496 g/mol. The zero-order chi connectivity index (χ0) is 26.8. The van der Waals surface area contributed by atoms with E-state index in [0.717, 1.165) is 36.3 Å². The van der Waals surface area contributed by atoms with Gasteiger partial charge < -0.3 is 20.3 Å². The number of piperidine rings is 1. The lowest BCUT2D eigenvalue weighted by Crippen LogP contribution is -2.56. The van der Waals surface area contributed by atoms with E-state index in [9.17, 15) is 8.78 Å². The second-order valence-corrected chi connectivity index (χ2v) is 11.0. The molecule has 2 heterocycles. The topological polar surface area (TPSA) is 73.2 Å². The van der Waals surface area contributed by atoms with Gasteiger partial charge in [0.05, 0.1) is 11.6 Å². The third kappa shape index (κ3) is 5.69. The summed E-state index contributed by atoms with van der Waals surface area (Å²) in [5.74, 6) is 1.68. The third-order valence-electron chi connectivity index (χ3n) is 8.51. The molecule has 3 aliphatic rings. The van der Waals surface area contributed by atoms with Crippen molar-refractivity contribution >= 4 is 11.5 Å². The number of nitriles is 1. The second-order valence-electron chi connectivity index (χ2n) is 11.0. The first-order valence-corrected chi connectivity index (χ1v) is 13.9. The summed E-state index contributed by atoms with van der Waals surface area (Å²) in [7, 11) is 0. The van der Waals surface area contributed by atoms with Crippen LogP contribution in [0.5, 0.6) is 5.75 Å². The van der Waals surface area contributed by atoms with Crippen molar-refractivity contribution in [2.75, 3.05) is 16.8 Å². The summed E-state index contributed by atoms with van der Waals surface area (Å²) in [4.78, 5) is 7.12. The minimum absolute atomic E-state index is 0.149. The van der Waals surface area contributed by atoms with Crippen LogP contribution < -0.4 is 20.3 Å². The van der Waals surface area contributed by atoms with Gasteiger partial charge >= 0.3 is 6.61 Å². The van der Waals surface area contributed by atoms with Crippen LogP contribution in [0.15, 0.2) is 66.9 Å². The number of hydrogen-bond donors (Lipinski definition) is 2. The van der Waals surface area contributed by atoms with E-state index in [1.54, 1.807) is 30.5 Å². The molecule has 2 N–H and O–H groups in total. The van der Waals surface area contributed by atoms with E-state index >= 15 is 0 Å². The molecule has 8 heteroatoms. The van der Waals surface area contributed by atoms with Crippen LogP contribution in [0.4, 0.5) is 20.3 Å². The number of halogens is 2. The number of pyridine rings is 1. The number of nitrogens with zero attached hydrogens (tertiary/aromatic N) is 3. The van der Waals surface area contributed by atoms with Crippen molar-refractivity contribution in [3.05, 3.63) is 72.4 Å². The number of aromatic nitrogens is 1. The highest BCUT2D eigenvalue weighted by atomic mass is 19.3. The minimum atomic E-state index is -2.83. The molecule has 0 amide bonds. The number of ether oxygens (including phenoxy) is 1. The maximum atomic E-state index is 12.5. The van der Waals surface area contributed by atoms with Crippen LogP contribution in [0, 0.1) is 17.2 Å². The van der Waals surface area contributed by atoms with E-state index in [2.05, 4.69) is 43.5 Å². The molecule has 2 saturated carbocycles. The van der Waals surface area contributed by atoms with Crippen LogP contribution in [-0.4, -0.2) is 42.3 Å². The van der Waals surface area contributed by atoms with E-state index in [-0.39, 0.29) is 11.8 Å². The SMILES string of the molecule is N#Cc1ccc(N2C[C@@H]3C[C@H](N[C@@H]4CCCC[C@H]4Nc4cc(-c5ccc(OC(F)F)cc5)ccn4)[C@H]2C3)cc1. The lowest BCUT2D eigenvalue weighted by Gasteiger charge is -2.41. The Balaban J connectivity index is 1.12. The first-order chi connectivity index (χ1) is 19.1. The van der Waals surface area contributed by atoms with Gasteiger partial charge in [0.1, 0.15) is 11.6 Å². The monoisotopic (exact) mass is 529 g/mol. The lowest BCUT2D eigenvalue weighted by atomic mass is 9.89. The summed E-state index contributed by atoms with van der Waals surface area (Å²) < 4.78 is 29.5. The highest BCUT2D eigenvalue weighted by Crippen LogP contribution is 2.41. The van der Waals surface area contributed by atoms with E-state index in [0.29, 0.717) is 29.6 Å². The van der Waals surface area contributed by atoms with Gasteiger partial charge in [0, 0.05) is 42.6 Å². The molecule has 1 saturated heterocycles.